The number of carbonyl (C=O) groups is 1. The molecular formula is C22H22FN3O4. The first kappa shape index (κ1) is 19.9. The van der Waals surface area contributed by atoms with Crippen LogP contribution < -0.4 is 14.8 Å². The van der Waals surface area contributed by atoms with E-state index in [0.29, 0.717) is 35.3 Å². The van der Waals surface area contributed by atoms with E-state index in [1.54, 1.807) is 18.2 Å². The van der Waals surface area contributed by atoms with Crippen LogP contribution in [0.4, 0.5) is 10.1 Å². The van der Waals surface area contributed by atoms with Gasteiger partial charge in [-0.15, -0.1) is 0 Å². The average Bonchev–Trinajstić information content (AvgIpc) is 3.33. The minimum Gasteiger partial charge on any atom is -0.492 e. The second kappa shape index (κ2) is 8.52. The number of amides is 1. The summed E-state index contributed by atoms with van der Waals surface area (Å²) in [5, 5.41) is 6.77. The Hall–Kier alpha value is -3.42. The van der Waals surface area contributed by atoms with E-state index in [4.69, 9.17) is 14.0 Å². The zero-order valence-electron chi connectivity index (χ0n) is 16.8. The summed E-state index contributed by atoms with van der Waals surface area (Å²) in [6.07, 6.45) is 1.36. The molecule has 1 amide bonds. The maximum Gasteiger partial charge on any atom is 0.227 e. The third kappa shape index (κ3) is 4.42. The number of halogens is 1. The minimum atomic E-state index is -0.336. The molecule has 3 aromatic rings. The summed E-state index contributed by atoms with van der Waals surface area (Å²) in [7, 11) is 0. The van der Waals surface area contributed by atoms with Gasteiger partial charge >= 0.3 is 0 Å². The fourth-order valence-electron chi connectivity index (χ4n) is 3.32. The van der Waals surface area contributed by atoms with E-state index in [-0.39, 0.29) is 30.7 Å². The van der Waals surface area contributed by atoms with Crippen molar-refractivity contribution in [2.24, 2.45) is 0 Å². The molecule has 1 atom stereocenters. The van der Waals surface area contributed by atoms with Gasteiger partial charge in [-0.1, -0.05) is 5.16 Å². The predicted octanol–water partition coefficient (Wildman–Crippen LogP) is 4.17. The number of ether oxygens (including phenoxy) is 2. The van der Waals surface area contributed by atoms with Gasteiger partial charge in [0.1, 0.15) is 23.4 Å². The topological polar surface area (TPSA) is 86.5 Å². The fraction of sp³-hybridized carbons (Fsp3) is 0.318. The number of carbonyl (C=O) groups excluding carboxylic acids is 1. The highest BCUT2D eigenvalue weighted by Gasteiger charge is 2.22. The number of aryl methyl sites for hydroxylation is 1. The molecule has 0 bridgehead atoms. The van der Waals surface area contributed by atoms with Crippen molar-refractivity contribution < 1.29 is 23.2 Å². The lowest BCUT2D eigenvalue weighted by molar-refractivity contribution is -0.116. The van der Waals surface area contributed by atoms with Crippen molar-refractivity contribution in [3.05, 3.63) is 53.7 Å². The Morgan fingerprint density at radius 1 is 1.30 bits per heavy atom. The Morgan fingerprint density at radius 2 is 2.10 bits per heavy atom. The smallest absolute Gasteiger partial charge is 0.227 e. The first-order valence-electron chi connectivity index (χ1n) is 9.86. The monoisotopic (exact) mass is 411 g/mol. The fourth-order valence-corrected chi connectivity index (χ4v) is 3.32. The van der Waals surface area contributed by atoms with E-state index in [2.05, 4.69) is 15.5 Å². The first-order chi connectivity index (χ1) is 14.5. The Morgan fingerprint density at radius 3 is 2.87 bits per heavy atom. The lowest BCUT2D eigenvalue weighted by Gasteiger charge is -2.13. The molecule has 0 saturated heterocycles. The van der Waals surface area contributed by atoms with E-state index >= 15 is 0 Å². The predicted molar refractivity (Wildman–Crippen MR) is 108 cm³/mol. The van der Waals surface area contributed by atoms with Crippen LogP contribution in [-0.4, -0.2) is 28.8 Å². The molecule has 0 fully saturated rings. The highest BCUT2D eigenvalue weighted by molar-refractivity contribution is 5.92. The van der Waals surface area contributed by atoms with E-state index in [1.165, 1.54) is 12.1 Å². The Kier molecular flexibility index (Phi) is 5.65. The second-order valence-electron chi connectivity index (χ2n) is 7.09. The molecule has 4 rings (SSSR count). The number of aromatic nitrogens is 2. The van der Waals surface area contributed by atoms with Gasteiger partial charge in [-0.3, -0.25) is 4.79 Å². The van der Waals surface area contributed by atoms with Gasteiger partial charge in [0, 0.05) is 36.5 Å². The van der Waals surface area contributed by atoms with E-state index < -0.39 is 0 Å². The molecule has 2 aromatic carbocycles. The molecule has 2 heterocycles. The van der Waals surface area contributed by atoms with Crippen molar-refractivity contribution >= 4 is 11.6 Å². The third-order valence-corrected chi connectivity index (χ3v) is 4.71. The number of hydrogen-bond acceptors (Lipinski definition) is 6. The quantitative estimate of drug-likeness (QED) is 0.628. The molecule has 8 heteroatoms. The van der Waals surface area contributed by atoms with E-state index in [0.717, 1.165) is 17.7 Å². The molecule has 0 unspecified atom stereocenters. The zero-order valence-corrected chi connectivity index (χ0v) is 16.8. The number of anilines is 1. The number of rotatable bonds is 7. The van der Waals surface area contributed by atoms with Gasteiger partial charge in [0.15, 0.2) is 0 Å². The lowest BCUT2D eigenvalue weighted by atomic mass is 10.1. The highest BCUT2D eigenvalue weighted by atomic mass is 19.1. The largest absolute Gasteiger partial charge is 0.492 e. The molecule has 0 radical (unpaired) electrons. The van der Waals surface area contributed by atoms with Gasteiger partial charge in [0.05, 0.1) is 12.3 Å². The summed E-state index contributed by atoms with van der Waals surface area (Å²) in [6.45, 7) is 4.39. The molecule has 1 aliphatic heterocycles. The van der Waals surface area contributed by atoms with Crippen LogP contribution in [-0.2, 0) is 17.6 Å². The van der Waals surface area contributed by atoms with Crippen molar-refractivity contribution in [1.82, 2.24) is 10.1 Å². The Bertz CT molecular complexity index is 1050. The Labute approximate surface area is 173 Å². The van der Waals surface area contributed by atoms with Gasteiger partial charge in [0.2, 0.25) is 17.6 Å². The molecule has 1 N–H and O–H groups in total. The van der Waals surface area contributed by atoms with Crippen molar-refractivity contribution in [3.63, 3.8) is 0 Å². The molecule has 0 spiro atoms. The van der Waals surface area contributed by atoms with Crippen LogP contribution in [0, 0.1) is 5.82 Å². The summed E-state index contributed by atoms with van der Waals surface area (Å²) in [5.41, 5.74) is 2.29. The number of benzene rings is 2. The summed E-state index contributed by atoms with van der Waals surface area (Å²) in [4.78, 5) is 16.7. The van der Waals surface area contributed by atoms with Crippen LogP contribution in [0.5, 0.6) is 11.5 Å². The second-order valence-corrected chi connectivity index (χ2v) is 7.09. The van der Waals surface area contributed by atoms with E-state index in [1.807, 2.05) is 19.9 Å². The van der Waals surface area contributed by atoms with Gasteiger partial charge in [-0.05, 0) is 44.2 Å². The Balaban J connectivity index is 1.40. The molecule has 0 saturated carbocycles. The maximum absolute atomic E-state index is 13.0. The van der Waals surface area contributed by atoms with Crippen LogP contribution >= 0.6 is 0 Å². The third-order valence-electron chi connectivity index (χ3n) is 4.71. The molecule has 156 valence electrons. The maximum atomic E-state index is 13.0. The molecule has 0 aliphatic carbocycles. The first-order valence-corrected chi connectivity index (χ1v) is 9.86. The van der Waals surface area contributed by atoms with Crippen molar-refractivity contribution in [2.45, 2.75) is 39.2 Å². The summed E-state index contributed by atoms with van der Waals surface area (Å²) >= 11 is 0. The van der Waals surface area contributed by atoms with E-state index in [9.17, 15) is 9.18 Å². The average molecular weight is 411 g/mol. The molecule has 7 nitrogen and oxygen atoms in total. The standard InChI is InChI=1S/C22H22FN3O4/c1-3-28-19-11-15-10-13(2)29-18(15)12-17(19)24-20(27)8-9-21-25-22(26-30-21)14-4-6-16(23)7-5-14/h4-7,11-13H,3,8-10H2,1-2H3,(H,24,27)/t13-/m1/s1. The van der Waals surface area contributed by atoms with Gasteiger partial charge in [0.25, 0.3) is 0 Å². The summed E-state index contributed by atoms with van der Waals surface area (Å²) in [6, 6.07) is 9.53. The molecule has 1 aliphatic rings. The van der Waals surface area contributed by atoms with Crippen LogP contribution in [0.15, 0.2) is 40.9 Å². The lowest BCUT2D eigenvalue weighted by Crippen LogP contribution is -2.13. The highest BCUT2D eigenvalue weighted by Crippen LogP contribution is 2.38. The normalized spacial score (nSPS) is 14.8. The molecular weight excluding hydrogens is 389 g/mol. The minimum absolute atomic E-state index is 0.105. The number of nitrogens with zero attached hydrogens (tertiary/aromatic N) is 2. The van der Waals surface area contributed by atoms with Gasteiger partial charge in [-0.2, -0.15) is 4.98 Å². The number of hydrogen-bond donors (Lipinski definition) is 1. The summed E-state index contributed by atoms with van der Waals surface area (Å²) in [5.74, 6) is 1.54. The van der Waals surface area contributed by atoms with Crippen LogP contribution in [0.3, 0.4) is 0 Å². The zero-order chi connectivity index (χ0) is 21.1. The van der Waals surface area contributed by atoms with Crippen LogP contribution in [0.2, 0.25) is 0 Å². The molecule has 30 heavy (non-hydrogen) atoms. The van der Waals surface area contributed by atoms with Crippen molar-refractivity contribution in [2.75, 3.05) is 11.9 Å². The summed E-state index contributed by atoms with van der Waals surface area (Å²) < 4.78 is 29.7. The number of nitrogens with one attached hydrogen (secondary N) is 1. The SMILES string of the molecule is CCOc1cc2c(cc1NC(=O)CCc1nc(-c3ccc(F)cc3)no1)O[C@H](C)C2. The number of fused-ring (bicyclic) bond motifs is 1. The van der Waals surface area contributed by atoms with Crippen molar-refractivity contribution in [1.29, 1.82) is 0 Å². The van der Waals surface area contributed by atoms with Crippen LogP contribution in [0.25, 0.3) is 11.4 Å². The van der Waals surface area contributed by atoms with Gasteiger partial charge < -0.3 is 19.3 Å². The van der Waals surface area contributed by atoms with Gasteiger partial charge in [-0.25, -0.2) is 4.39 Å². The van der Waals surface area contributed by atoms with Crippen molar-refractivity contribution in [3.8, 4) is 22.9 Å². The van der Waals surface area contributed by atoms with Crippen LogP contribution in [0.1, 0.15) is 31.7 Å². The molecule has 1 aromatic heterocycles.